The van der Waals surface area contributed by atoms with E-state index in [1.165, 1.54) is 4.90 Å². The van der Waals surface area contributed by atoms with Crippen LogP contribution in [0.3, 0.4) is 0 Å². The number of unbranched alkanes of at least 4 members (excludes halogenated alkanes) is 2. The Morgan fingerprint density at radius 2 is 1.50 bits per heavy atom. The minimum atomic E-state index is -0.147. The van der Waals surface area contributed by atoms with Gasteiger partial charge in [0.1, 0.15) is 6.54 Å². The van der Waals surface area contributed by atoms with E-state index < -0.39 is 0 Å². The maximum atomic E-state index is 12.2. The maximum Gasteiger partial charge on any atom is 0.327 e. The Bertz CT molecular complexity index is 491. The molecule has 1 aliphatic heterocycles. The van der Waals surface area contributed by atoms with Gasteiger partial charge in [-0.1, -0.05) is 40.5 Å². The summed E-state index contributed by atoms with van der Waals surface area (Å²) in [5.41, 5.74) is 0.139. The molecule has 28 heavy (non-hydrogen) atoms. The van der Waals surface area contributed by atoms with Gasteiger partial charge in [-0.15, -0.1) is 0 Å². The Morgan fingerprint density at radius 3 is 2.00 bits per heavy atom. The van der Waals surface area contributed by atoms with Crippen molar-refractivity contribution in [3.05, 3.63) is 0 Å². The zero-order chi connectivity index (χ0) is 21.2. The first-order valence-electron chi connectivity index (χ1n) is 10.9. The molecule has 0 aromatic heterocycles. The first-order valence-corrected chi connectivity index (χ1v) is 10.9. The number of imide groups is 1. The number of amides is 3. The van der Waals surface area contributed by atoms with Crippen LogP contribution in [-0.2, 0) is 9.53 Å². The number of aliphatic hydroxyl groups excluding tert-OH is 1. The summed E-state index contributed by atoms with van der Waals surface area (Å²) in [5.74, 6) is -0.0783. The van der Waals surface area contributed by atoms with Gasteiger partial charge in [0.25, 0.3) is 0 Å². The molecule has 0 spiro atoms. The van der Waals surface area contributed by atoms with Crippen molar-refractivity contribution in [2.75, 3.05) is 39.5 Å². The molecule has 1 aliphatic rings. The second-order valence-corrected chi connectivity index (χ2v) is 9.61. The fourth-order valence-corrected chi connectivity index (χ4v) is 3.65. The molecule has 1 N–H and O–H groups in total. The number of hydrogen-bond donors (Lipinski definition) is 1. The van der Waals surface area contributed by atoms with Crippen molar-refractivity contribution in [3.8, 4) is 0 Å². The highest BCUT2D eigenvalue weighted by Crippen LogP contribution is 2.28. The molecule has 1 fully saturated rings. The molecule has 0 atom stereocenters. The molecule has 1 rings (SSSR count). The summed E-state index contributed by atoms with van der Waals surface area (Å²) in [6, 6.07) is -0.147. The first kappa shape index (κ1) is 24.9. The quantitative estimate of drug-likeness (QED) is 0.333. The largest absolute Gasteiger partial charge is 0.396 e. The molecule has 164 valence electrons. The van der Waals surface area contributed by atoms with E-state index in [2.05, 4.69) is 27.7 Å². The number of nitrogens with zero attached hydrogens (tertiary/aromatic N) is 2. The summed E-state index contributed by atoms with van der Waals surface area (Å²) in [4.78, 5) is 27.3. The lowest BCUT2D eigenvalue weighted by Gasteiger charge is -2.29. The summed E-state index contributed by atoms with van der Waals surface area (Å²) in [5, 5.41) is 9.05. The molecule has 0 bridgehead atoms. The Labute approximate surface area is 171 Å². The monoisotopic (exact) mass is 398 g/mol. The lowest BCUT2D eigenvalue weighted by Crippen LogP contribution is -2.39. The van der Waals surface area contributed by atoms with E-state index >= 15 is 0 Å². The highest BCUT2D eigenvalue weighted by atomic mass is 16.5. The van der Waals surface area contributed by atoms with Crippen LogP contribution in [0.1, 0.15) is 79.6 Å². The third-order valence-corrected chi connectivity index (χ3v) is 5.67. The van der Waals surface area contributed by atoms with Gasteiger partial charge in [-0.25, -0.2) is 4.79 Å². The van der Waals surface area contributed by atoms with Gasteiger partial charge in [0.2, 0.25) is 5.91 Å². The maximum absolute atomic E-state index is 12.2. The zero-order valence-electron chi connectivity index (χ0n) is 18.8. The number of likely N-dealkylation sites (N-methyl/N-ethyl adjacent to an activating group) is 1. The summed E-state index contributed by atoms with van der Waals surface area (Å²) in [6.45, 7) is 13.7. The summed E-state index contributed by atoms with van der Waals surface area (Å²) in [7, 11) is 0. The van der Waals surface area contributed by atoms with Gasteiger partial charge < -0.3 is 14.7 Å². The minimum absolute atomic E-state index is 0.0760. The molecule has 0 aliphatic carbocycles. The van der Waals surface area contributed by atoms with Crippen molar-refractivity contribution in [2.45, 2.75) is 79.6 Å². The van der Waals surface area contributed by atoms with Crippen LogP contribution in [0.15, 0.2) is 0 Å². The standard InChI is InChI=1S/C22H42N2O4/c1-6-23-17-19(26)24(20(23)27)18-22(4,5)12-8-10-16-28-15-9-7-11-21(2,3)13-14-25/h25H,6-18H2,1-5H3. The van der Waals surface area contributed by atoms with Crippen LogP contribution in [0.25, 0.3) is 0 Å². The van der Waals surface area contributed by atoms with Crippen LogP contribution in [-0.4, -0.2) is 66.3 Å². The Balaban J connectivity index is 2.12. The molecule has 0 aromatic rings. The third kappa shape index (κ3) is 8.91. The van der Waals surface area contributed by atoms with Gasteiger partial charge >= 0.3 is 6.03 Å². The van der Waals surface area contributed by atoms with Gasteiger partial charge in [-0.3, -0.25) is 9.69 Å². The Hall–Kier alpha value is -1.14. The second kappa shape index (κ2) is 11.8. The fraction of sp³-hybridized carbons (Fsp3) is 0.909. The molecular weight excluding hydrogens is 356 g/mol. The van der Waals surface area contributed by atoms with E-state index in [9.17, 15) is 9.59 Å². The molecule has 6 heteroatoms. The fourth-order valence-electron chi connectivity index (χ4n) is 3.65. The molecule has 0 aromatic carbocycles. The van der Waals surface area contributed by atoms with Crippen LogP contribution < -0.4 is 0 Å². The predicted octanol–water partition coefficient (Wildman–Crippen LogP) is 4.06. The van der Waals surface area contributed by atoms with E-state index in [4.69, 9.17) is 9.84 Å². The Morgan fingerprint density at radius 1 is 0.929 bits per heavy atom. The van der Waals surface area contributed by atoms with E-state index in [1.807, 2.05) is 6.92 Å². The predicted molar refractivity (Wildman–Crippen MR) is 112 cm³/mol. The van der Waals surface area contributed by atoms with Crippen molar-refractivity contribution in [2.24, 2.45) is 10.8 Å². The van der Waals surface area contributed by atoms with Gasteiger partial charge in [-0.05, 0) is 49.9 Å². The molecule has 1 heterocycles. The highest BCUT2D eigenvalue weighted by Gasteiger charge is 2.37. The molecule has 0 radical (unpaired) electrons. The number of hydrogen-bond acceptors (Lipinski definition) is 4. The van der Waals surface area contributed by atoms with E-state index in [1.54, 1.807) is 4.90 Å². The number of carbonyl (C=O) groups is 2. The smallest absolute Gasteiger partial charge is 0.327 e. The zero-order valence-corrected chi connectivity index (χ0v) is 18.8. The molecule has 0 unspecified atom stereocenters. The van der Waals surface area contributed by atoms with Gasteiger partial charge in [-0.2, -0.15) is 0 Å². The van der Waals surface area contributed by atoms with Crippen LogP contribution in [0.2, 0.25) is 0 Å². The molecular formula is C22H42N2O4. The van der Waals surface area contributed by atoms with Crippen molar-refractivity contribution >= 4 is 11.9 Å². The topological polar surface area (TPSA) is 70.1 Å². The lowest BCUT2D eigenvalue weighted by atomic mass is 9.84. The highest BCUT2D eigenvalue weighted by molar-refractivity contribution is 6.02. The van der Waals surface area contributed by atoms with Gasteiger partial charge in [0.15, 0.2) is 0 Å². The summed E-state index contributed by atoms with van der Waals surface area (Å²) in [6.07, 6.45) is 7.17. The number of ether oxygens (including phenoxy) is 1. The van der Waals surface area contributed by atoms with Crippen molar-refractivity contribution in [1.29, 1.82) is 0 Å². The van der Waals surface area contributed by atoms with Crippen LogP contribution in [0.5, 0.6) is 0 Å². The molecule has 0 saturated carbocycles. The number of aliphatic hydroxyl groups is 1. The molecule has 1 saturated heterocycles. The van der Waals surface area contributed by atoms with Crippen molar-refractivity contribution in [3.63, 3.8) is 0 Å². The number of urea groups is 1. The van der Waals surface area contributed by atoms with Crippen LogP contribution >= 0.6 is 0 Å². The van der Waals surface area contributed by atoms with Gasteiger partial charge in [0.05, 0.1) is 0 Å². The first-order chi connectivity index (χ1) is 13.1. The molecule has 6 nitrogen and oxygen atoms in total. The van der Waals surface area contributed by atoms with E-state index in [0.717, 1.165) is 58.2 Å². The number of rotatable bonds is 15. The van der Waals surface area contributed by atoms with Crippen LogP contribution in [0, 0.1) is 10.8 Å². The van der Waals surface area contributed by atoms with Crippen molar-refractivity contribution < 1.29 is 19.4 Å². The lowest BCUT2D eigenvalue weighted by molar-refractivity contribution is -0.126. The summed E-state index contributed by atoms with van der Waals surface area (Å²) >= 11 is 0. The van der Waals surface area contributed by atoms with E-state index in [-0.39, 0.29) is 35.9 Å². The van der Waals surface area contributed by atoms with Crippen LogP contribution in [0.4, 0.5) is 4.79 Å². The van der Waals surface area contributed by atoms with E-state index in [0.29, 0.717) is 13.1 Å². The third-order valence-electron chi connectivity index (χ3n) is 5.67. The Kier molecular flexibility index (Phi) is 10.5. The second-order valence-electron chi connectivity index (χ2n) is 9.61. The number of carbonyl (C=O) groups excluding carboxylic acids is 2. The molecule has 3 amide bonds. The minimum Gasteiger partial charge on any atom is -0.396 e. The SMILES string of the molecule is CCN1CC(=O)N(CC(C)(C)CCCCOCCCCC(C)(C)CCO)C1=O. The summed E-state index contributed by atoms with van der Waals surface area (Å²) < 4.78 is 5.74. The normalized spacial score (nSPS) is 15.8. The van der Waals surface area contributed by atoms with Crippen molar-refractivity contribution in [1.82, 2.24) is 9.80 Å². The van der Waals surface area contributed by atoms with Gasteiger partial charge in [0, 0.05) is 32.9 Å². The average Bonchev–Trinajstić information content (AvgIpc) is 2.87. The average molecular weight is 399 g/mol.